The first kappa shape index (κ1) is 20.5. The highest BCUT2D eigenvalue weighted by Crippen LogP contribution is 2.20. The number of methoxy groups -OCH3 is 1. The number of benzene rings is 2. The van der Waals surface area contributed by atoms with E-state index < -0.39 is 17.7 Å². The molecule has 0 N–H and O–H groups in total. The van der Waals surface area contributed by atoms with E-state index in [-0.39, 0.29) is 24.6 Å². The largest absolute Gasteiger partial charge is 0.497 e. The van der Waals surface area contributed by atoms with Gasteiger partial charge in [-0.25, -0.2) is 4.39 Å². The zero-order chi connectivity index (χ0) is 20.8. The van der Waals surface area contributed by atoms with Crippen LogP contribution in [0, 0.1) is 5.82 Å². The summed E-state index contributed by atoms with van der Waals surface area (Å²) in [7, 11) is 1.53. The maximum Gasteiger partial charge on any atom is 0.326 e. The van der Waals surface area contributed by atoms with Crippen molar-refractivity contribution in [1.82, 2.24) is 4.57 Å². The van der Waals surface area contributed by atoms with Crippen molar-refractivity contribution >= 4 is 33.4 Å². The Morgan fingerprint density at radius 2 is 1.97 bits per heavy atom. The third-order valence-corrected chi connectivity index (χ3v) is 4.90. The Labute approximate surface area is 170 Å². The number of hydrogen-bond donors (Lipinski definition) is 0. The Kier molecular flexibility index (Phi) is 6.61. The van der Waals surface area contributed by atoms with Crippen molar-refractivity contribution in [3.05, 3.63) is 53.1 Å². The first-order valence-corrected chi connectivity index (χ1v) is 9.60. The van der Waals surface area contributed by atoms with Crippen molar-refractivity contribution in [2.45, 2.75) is 13.5 Å². The zero-order valence-corrected chi connectivity index (χ0v) is 16.7. The van der Waals surface area contributed by atoms with Crippen molar-refractivity contribution in [3.63, 3.8) is 0 Å². The number of halogens is 1. The number of carbonyl (C=O) groups is 2. The summed E-state index contributed by atoms with van der Waals surface area (Å²) in [6.45, 7) is 1.50. The standard InChI is InChI=1S/C20H19FN2O5S/c1-3-27-19(25)11-23-16-8-7-13(21)9-17(16)29-20(23)22-18(24)12-28-15-6-4-5-14(10-15)26-2/h4-10H,3,11-12H2,1-2H3. The van der Waals surface area contributed by atoms with Crippen LogP contribution in [0.1, 0.15) is 6.92 Å². The summed E-state index contributed by atoms with van der Waals surface area (Å²) < 4.78 is 31.2. The van der Waals surface area contributed by atoms with Gasteiger partial charge in [0.05, 0.1) is 23.9 Å². The van der Waals surface area contributed by atoms with E-state index in [9.17, 15) is 14.0 Å². The molecule has 1 amide bonds. The van der Waals surface area contributed by atoms with Gasteiger partial charge in [0.25, 0.3) is 5.91 Å². The number of amides is 1. The molecule has 2 aromatic carbocycles. The van der Waals surface area contributed by atoms with E-state index in [1.807, 2.05) is 0 Å². The first-order chi connectivity index (χ1) is 14.0. The molecule has 3 aromatic rings. The van der Waals surface area contributed by atoms with Gasteiger partial charge in [0, 0.05) is 6.07 Å². The molecule has 9 heteroatoms. The lowest BCUT2D eigenvalue weighted by molar-refractivity contribution is -0.143. The Bertz CT molecular complexity index is 1110. The number of aromatic nitrogens is 1. The zero-order valence-electron chi connectivity index (χ0n) is 15.9. The lowest BCUT2D eigenvalue weighted by Crippen LogP contribution is -2.24. The molecule has 0 radical (unpaired) electrons. The number of hydrogen-bond acceptors (Lipinski definition) is 6. The molecule has 3 rings (SSSR count). The molecule has 0 fully saturated rings. The van der Waals surface area contributed by atoms with Crippen LogP contribution in [0.2, 0.25) is 0 Å². The molecular formula is C20H19FN2O5S. The normalized spacial score (nSPS) is 11.5. The van der Waals surface area contributed by atoms with Crippen LogP contribution >= 0.6 is 11.3 Å². The molecule has 0 spiro atoms. The van der Waals surface area contributed by atoms with E-state index in [1.165, 1.54) is 29.9 Å². The van der Waals surface area contributed by atoms with Gasteiger partial charge in [-0.1, -0.05) is 17.4 Å². The quantitative estimate of drug-likeness (QED) is 0.552. The molecule has 0 bridgehead atoms. The second-order valence-electron chi connectivity index (χ2n) is 5.86. The molecular weight excluding hydrogens is 399 g/mol. The molecule has 0 aliphatic carbocycles. The molecule has 0 atom stereocenters. The smallest absolute Gasteiger partial charge is 0.326 e. The molecule has 0 aliphatic heterocycles. The van der Waals surface area contributed by atoms with Gasteiger partial charge in [-0.05, 0) is 37.3 Å². The summed E-state index contributed by atoms with van der Waals surface area (Å²) in [4.78, 5) is 28.6. The minimum Gasteiger partial charge on any atom is -0.497 e. The molecule has 7 nitrogen and oxygen atoms in total. The van der Waals surface area contributed by atoms with Gasteiger partial charge in [0.1, 0.15) is 23.9 Å². The third-order valence-electron chi connectivity index (χ3n) is 3.86. The summed E-state index contributed by atoms with van der Waals surface area (Å²) >= 11 is 1.11. The van der Waals surface area contributed by atoms with Gasteiger partial charge in [-0.15, -0.1) is 0 Å². The lowest BCUT2D eigenvalue weighted by atomic mass is 10.3. The molecule has 0 saturated carbocycles. The van der Waals surface area contributed by atoms with Gasteiger partial charge in [-0.2, -0.15) is 4.99 Å². The van der Waals surface area contributed by atoms with E-state index >= 15 is 0 Å². The van der Waals surface area contributed by atoms with Crippen molar-refractivity contribution in [3.8, 4) is 11.5 Å². The number of rotatable bonds is 7. The minimum absolute atomic E-state index is 0.137. The van der Waals surface area contributed by atoms with Crippen LogP contribution in [-0.2, 0) is 20.9 Å². The van der Waals surface area contributed by atoms with Crippen LogP contribution in [0.5, 0.6) is 11.5 Å². The van der Waals surface area contributed by atoms with Gasteiger partial charge in [-0.3, -0.25) is 9.59 Å². The van der Waals surface area contributed by atoms with Gasteiger partial charge in [0.15, 0.2) is 11.4 Å². The van der Waals surface area contributed by atoms with Crippen LogP contribution < -0.4 is 14.3 Å². The molecule has 0 saturated heterocycles. The van der Waals surface area contributed by atoms with Crippen LogP contribution in [0.3, 0.4) is 0 Å². The fraction of sp³-hybridized carbons (Fsp3) is 0.250. The Balaban J connectivity index is 1.86. The maximum atomic E-state index is 13.6. The highest BCUT2D eigenvalue weighted by Gasteiger charge is 2.13. The van der Waals surface area contributed by atoms with Crippen molar-refractivity contribution in [1.29, 1.82) is 0 Å². The maximum absolute atomic E-state index is 13.6. The predicted octanol–water partition coefficient (Wildman–Crippen LogP) is 2.92. The highest BCUT2D eigenvalue weighted by molar-refractivity contribution is 7.16. The van der Waals surface area contributed by atoms with E-state index in [4.69, 9.17) is 14.2 Å². The Morgan fingerprint density at radius 1 is 1.17 bits per heavy atom. The Morgan fingerprint density at radius 3 is 2.72 bits per heavy atom. The molecule has 152 valence electrons. The topological polar surface area (TPSA) is 79.1 Å². The van der Waals surface area contributed by atoms with E-state index in [0.717, 1.165) is 11.3 Å². The average Bonchev–Trinajstić information content (AvgIpc) is 3.02. The summed E-state index contributed by atoms with van der Waals surface area (Å²) in [6, 6.07) is 11.0. The predicted molar refractivity (Wildman–Crippen MR) is 105 cm³/mol. The monoisotopic (exact) mass is 418 g/mol. The van der Waals surface area contributed by atoms with Crippen LogP contribution in [0.15, 0.2) is 47.5 Å². The minimum atomic E-state index is -0.544. The third kappa shape index (κ3) is 5.20. The Hall–Kier alpha value is -3.20. The summed E-state index contributed by atoms with van der Waals surface area (Å²) in [5.74, 6) is -0.367. The molecule has 0 aliphatic rings. The molecule has 1 heterocycles. The van der Waals surface area contributed by atoms with Gasteiger partial charge < -0.3 is 18.8 Å². The second-order valence-corrected chi connectivity index (χ2v) is 6.87. The van der Waals surface area contributed by atoms with Crippen LogP contribution in [0.25, 0.3) is 10.2 Å². The van der Waals surface area contributed by atoms with Crippen molar-refractivity contribution in [2.24, 2.45) is 4.99 Å². The lowest BCUT2D eigenvalue weighted by Gasteiger charge is -2.06. The SMILES string of the molecule is CCOC(=O)Cn1c(=NC(=O)COc2cccc(OC)c2)sc2cc(F)ccc21. The van der Waals surface area contributed by atoms with Gasteiger partial charge in [0.2, 0.25) is 0 Å². The summed E-state index contributed by atoms with van der Waals surface area (Å²) in [5.41, 5.74) is 0.588. The number of nitrogens with zero attached hydrogens (tertiary/aromatic N) is 2. The molecule has 1 aromatic heterocycles. The molecule has 0 unspecified atom stereocenters. The first-order valence-electron chi connectivity index (χ1n) is 8.79. The number of carbonyl (C=O) groups excluding carboxylic acids is 2. The number of ether oxygens (including phenoxy) is 3. The fourth-order valence-corrected chi connectivity index (χ4v) is 3.67. The van der Waals surface area contributed by atoms with E-state index in [0.29, 0.717) is 21.7 Å². The average molecular weight is 418 g/mol. The van der Waals surface area contributed by atoms with E-state index in [2.05, 4.69) is 4.99 Å². The van der Waals surface area contributed by atoms with Crippen molar-refractivity contribution < 1.29 is 28.2 Å². The highest BCUT2D eigenvalue weighted by atomic mass is 32.1. The summed E-state index contributed by atoms with van der Waals surface area (Å²) in [6.07, 6.45) is 0. The van der Waals surface area contributed by atoms with E-state index in [1.54, 1.807) is 31.2 Å². The summed E-state index contributed by atoms with van der Waals surface area (Å²) in [5, 5.41) is 0. The number of fused-ring (bicyclic) bond motifs is 1. The van der Waals surface area contributed by atoms with Crippen molar-refractivity contribution in [2.75, 3.05) is 20.3 Å². The van der Waals surface area contributed by atoms with Gasteiger partial charge >= 0.3 is 5.97 Å². The van der Waals surface area contributed by atoms with Crippen LogP contribution in [-0.4, -0.2) is 36.8 Å². The number of thiazole rings is 1. The van der Waals surface area contributed by atoms with Crippen LogP contribution in [0.4, 0.5) is 4.39 Å². The fourth-order valence-electron chi connectivity index (χ4n) is 2.60. The second kappa shape index (κ2) is 9.33. The molecule has 29 heavy (non-hydrogen) atoms. The number of esters is 1.